The van der Waals surface area contributed by atoms with Gasteiger partial charge in [-0.25, -0.2) is 0 Å². The molecule has 1 aromatic rings. The van der Waals surface area contributed by atoms with Gasteiger partial charge in [-0.3, -0.25) is 38.6 Å². The van der Waals surface area contributed by atoms with Crippen molar-refractivity contribution in [1.82, 2.24) is 31.5 Å². The Hall–Kier alpha value is -5.26. The molecule has 0 spiro atoms. The smallest absolute Gasteiger partial charge is 0.305 e. The third-order valence-electron chi connectivity index (χ3n) is 8.07. The second kappa shape index (κ2) is 21.7. The van der Waals surface area contributed by atoms with Crippen LogP contribution in [0.4, 0.5) is 0 Å². The van der Waals surface area contributed by atoms with Crippen LogP contribution < -0.4 is 43.8 Å². The first-order valence-electron chi connectivity index (χ1n) is 17.0. The second-order valence-electron chi connectivity index (χ2n) is 12.5. The number of unbranched alkanes of at least 4 members (excludes halogenated alkanes) is 1. The van der Waals surface area contributed by atoms with E-state index in [9.17, 15) is 38.7 Å². The molecule has 282 valence electrons. The Labute approximate surface area is 297 Å². The van der Waals surface area contributed by atoms with Crippen molar-refractivity contribution in [3.63, 3.8) is 0 Å². The molecule has 1 heterocycles. The summed E-state index contributed by atoms with van der Waals surface area (Å²) in [6, 6.07) is 2.62. The molecule has 18 nitrogen and oxygen atoms in total. The first-order valence-corrected chi connectivity index (χ1v) is 17.0. The van der Waals surface area contributed by atoms with Crippen molar-refractivity contribution in [3.8, 4) is 0 Å². The number of nitrogens with one attached hydrogen (secondary N) is 5. The zero-order chi connectivity index (χ0) is 37.9. The molecule has 0 aromatic heterocycles. The molecule has 0 radical (unpaired) electrons. The van der Waals surface area contributed by atoms with Crippen molar-refractivity contribution >= 4 is 47.4 Å². The van der Waals surface area contributed by atoms with Crippen molar-refractivity contribution < 1.29 is 38.7 Å². The number of amides is 6. The molecule has 51 heavy (non-hydrogen) atoms. The lowest BCUT2D eigenvalue weighted by molar-refractivity contribution is -0.141. The number of nitrogens with zero attached hydrogens (tertiary/aromatic N) is 2. The SMILES string of the molecule is CC(N)CCCC(=O)NCCCC[C@H]1NC(=O)c2cccc(c2)CNC(=O)[C@H](CC(=O)O)NC(=O)CNC(=O)[C@H](CCCN=C(N)N)N(C)C1=O. The zero-order valence-electron chi connectivity index (χ0n) is 29.2. The number of carbonyl (C=O) groups is 7. The number of fused-ring (bicyclic) bond motifs is 2. The molecule has 4 atom stereocenters. The van der Waals surface area contributed by atoms with E-state index < -0.39 is 66.6 Å². The minimum Gasteiger partial charge on any atom is -0.481 e. The number of hydrogen-bond acceptors (Lipinski definition) is 9. The standard InChI is InChI=1S/C33H52N10O8/c1-20(34)8-5-13-26(44)37-14-4-3-11-23-32(51)43(2)25(12-7-15-38-33(35)36)31(50)40-19-27(45)41-24(17-28(46)47)30(49)39-18-21-9-6-10-22(16-21)29(48)42-23/h6,9-10,16,20,23-25H,3-5,7-8,11-15,17-19,34H2,1-2H3,(H,37,44)(H,39,49)(H,40,50)(H,41,45)(H,42,48)(H,46,47)(H4,35,36,38)/t20?,23-,24+,25+/m1/s1. The summed E-state index contributed by atoms with van der Waals surface area (Å²) in [4.78, 5) is 95.3. The highest BCUT2D eigenvalue weighted by Crippen LogP contribution is 2.14. The molecule has 0 saturated carbocycles. The summed E-state index contributed by atoms with van der Waals surface area (Å²) in [5.74, 6) is -5.07. The average Bonchev–Trinajstić information content (AvgIpc) is 3.07. The summed E-state index contributed by atoms with van der Waals surface area (Å²) < 4.78 is 0. The summed E-state index contributed by atoms with van der Waals surface area (Å²) in [5.41, 5.74) is 17.3. The first-order chi connectivity index (χ1) is 24.2. The highest BCUT2D eigenvalue weighted by Gasteiger charge is 2.33. The average molecular weight is 717 g/mol. The van der Waals surface area contributed by atoms with Gasteiger partial charge >= 0.3 is 5.97 Å². The predicted molar refractivity (Wildman–Crippen MR) is 188 cm³/mol. The lowest BCUT2D eigenvalue weighted by Gasteiger charge is -2.31. The minimum absolute atomic E-state index is 0.0106. The lowest BCUT2D eigenvalue weighted by Crippen LogP contribution is -2.56. The quantitative estimate of drug-likeness (QED) is 0.0553. The van der Waals surface area contributed by atoms with Crippen LogP contribution in [0.1, 0.15) is 80.6 Å². The highest BCUT2D eigenvalue weighted by atomic mass is 16.4. The molecule has 1 aromatic carbocycles. The molecule has 1 aliphatic heterocycles. The normalized spacial score (nSPS) is 19.7. The Balaban J connectivity index is 2.35. The fourth-order valence-corrected chi connectivity index (χ4v) is 5.32. The number of carbonyl (C=O) groups excluding carboxylic acids is 6. The minimum atomic E-state index is -1.45. The van der Waals surface area contributed by atoms with E-state index in [1.807, 2.05) is 6.92 Å². The van der Waals surface area contributed by atoms with Crippen LogP contribution in [-0.2, 0) is 35.3 Å². The van der Waals surface area contributed by atoms with Crippen molar-refractivity contribution in [2.45, 2.75) is 95.4 Å². The van der Waals surface area contributed by atoms with E-state index in [0.717, 1.165) is 6.42 Å². The number of guanidine groups is 1. The molecule has 2 bridgehead atoms. The van der Waals surface area contributed by atoms with Gasteiger partial charge in [-0.2, -0.15) is 0 Å². The number of carboxylic acid groups (broad SMARTS) is 1. The van der Waals surface area contributed by atoms with Crippen LogP contribution >= 0.6 is 0 Å². The predicted octanol–water partition coefficient (Wildman–Crippen LogP) is -1.82. The van der Waals surface area contributed by atoms with Crippen LogP contribution in [0.15, 0.2) is 29.3 Å². The number of benzene rings is 1. The molecule has 0 fully saturated rings. The second-order valence-corrected chi connectivity index (χ2v) is 12.5. The Bertz CT molecular complexity index is 1420. The molecule has 12 N–H and O–H groups in total. The van der Waals surface area contributed by atoms with Gasteiger partial charge in [0.1, 0.15) is 18.1 Å². The molecular weight excluding hydrogens is 664 g/mol. The maximum absolute atomic E-state index is 14.0. The number of rotatable bonds is 15. The molecule has 1 aliphatic rings. The van der Waals surface area contributed by atoms with Gasteiger partial charge < -0.3 is 53.8 Å². The number of hydrogen-bond donors (Lipinski definition) is 9. The third kappa shape index (κ3) is 15.9. The largest absolute Gasteiger partial charge is 0.481 e. The van der Waals surface area contributed by atoms with Crippen LogP contribution in [0.5, 0.6) is 0 Å². The fraction of sp³-hybridized carbons (Fsp3) is 0.576. The molecule has 0 saturated heterocycles. The van der Waals surface area contributed by atoms with Crippen LogP contribution in [0.25, 0.3) is 0 Å². The summed E-state index contributed by atoms with van der Waals surface area (Å²) in [7, 11) is 1.40. The monoisotopic (exact) mass is 716 g/mol. The number of nitrogens with two attached hydrogens (primary N) is 3. The molecule has 6 amide bonds. The van der Waals surface area contributed by atoms with Gasteiger partial charge in [0, 0.05) is 44.7 Å². The van der Waals surface area contributed by atoms with Gasteiger partial charge in [-0.1, -0.05) is 12.1 Å². The maximum atomic E-state index is 14.0. The van der Waals surface area contributed by atoms with Gasteiger partial charge in [0.25, 0.3) is 5.91 Å². The first kappa shape index (κ1) is 41.9. The van der Waals surface area contributed by atoms with E-state index in [2.05, 4.69) is 31.6 Å². The van der Waals surface area contributed by atoms with E-state index in [1.54, 1.807) is 12.1 Å². The number of likely N-dealkylation sites (N-methyl/N-ethyl adjacent to an activating group) is 1. The number of aliphatic carboxylic acids is 1. The van der Waals surface area contributed by atoms with Crippen LogP contribution in [-0.4, -0.2) is 108 Å². The van der Waals surface area contributed by atoms with Crippen LogP contribution in [0, 0.1) is 0 Å². The topological polar surface area (TPSA) is 294 Å². The molecule has 0 aliphatic carbocycles. The van der Waals surface area contributed by atoms with E-state index >= 15 is 0 Å². The summed E-state index contributed by atoms with van der Waals surface area (Å²) in [5, 5.41) is 22.3. The lowest BCUT2D eigenvalue weighted by atomic mass is 10.0. The summed E-state index contributed by atoms with van der Waals surface area (Å²) in [6.07, 6.45) is 2.51. The molecule has 1 unspecified atom stereocenters. The van der Waals surface area contributed by atoms with E-state index in [-0.39, 0.29) is 55.8 Å². The summed E-state index contributed by atoms with van der Waals surface area (Å²) >= 11 is 0. The fourth-order valence-electron chi connectivity index (χ4n) is 5.32. The zero-order valence-corrected chi connectivity index (χ0v) is 29.2. The van der Waals surface area contributed by atoms with Crippen molar-refractivity contribution in [2.24, 2.45) is 22.2 Å². The maximum Gasteiger partial charge on any atom is 0.305 e. The van der Waals surface area contributed by atoms with Crippen molar-refractivity contribution in [1.29, 1.82) is 0 Å². The summed E-state index contributed by atoms with van der Waals surface area (Å²) in [6.45, 7) is 1.68. The Morgan fingerprint density at radius 2 is 1.71 bits per heavy atom. The van der Waals surface area contributed by atoms with Gasteiger partial charge in [-0.15, -0.1) is 0 Å². The Morgan fingerprint density at radius 1 is 0.980 bits per heavy atom. The molecule has 2 rings (SSSR count). The number of carboxylic acids is 1. The van der Waals surface area contributed by atoms with Crippen molar-refractivity contribution in [3.05, 3.63) is 35.4 Å². The Morgan fingerprint density at radius 3 is 2.39 bits per heavy atom. The van der Waals surface area contributed by atoms with E-state index in [1.165, 1.54) is 24.1 Å². The van der Waals surface area contributed by atoms with Crippen LogP contribution in [0.3, 0.4) is 0 Å². The van der Waals surface area contributed by atoms with Gasteiger partial charge in [0.15, 0.2) is 5.96 Å². The van der Waals surface area contributed by atoms with E-state index in [0.29, 0.717) is 37.8 Å². The van der Waals surface area contributed by atoms with Crippen molar-refractivity contribution in [2.75, 3.05) is 26.7 Å². The Kier molecular flexibility index (Phi) is 17.9. The van der Waals surface area contributed by atoms with Gasteiger partial charge in [0.05, 0.1) is 13.0 Å². The van der Waals surface area contributed by atoms with Crippen LogP contribution in [0.2, 0.25) is 0 Å². The molecule has 18 heteroatoms. The van der Waals surface area contributed by atoms with Gasteiger partial charge in [-0.05, 0) is 69.6 Å². The van der Waals surface area contributed by atoms with Gasteiger partial charge in [0.2, 0.25) is 29.5 Å². The highest BCUT2D eigenvalue weighted by molar-refractivity contribution is 5.99. The third-order valence-corrected chi connectivity index (χ3v) is 8.07. The van der Waals surface area contributed by atoms with E-state index in [4.69, 9.17) is 17.2 Å². The molecular formula is C33H52N10O8. The number of aliphatic imine (C=N–C) groups is 1.